The number of allylic oxidation sites excluding steroid dienone is 5. The van der Waals surface area contributed by atoms with Gasteiger partial charge in [0.1, 0.15) is 11.6 Å². The van der Waals surface area contributed by atoms with Gasteiger partial charge in [-0.15, -0.1) is 0 Å². The van der Waals surface area contributed by atoms with E-state index >= 15 is 0 Å². The van der Waals surface area contributed by atoms with Crippen LogP contribution in [-0.4, -0.2) is 30.8 Å². The minimum Gasteiger partial charge on any atom is -0.467 e. The molecular formula is C17H25NO4. The topological polar surface area (TPSA) is 64.6 Å². The van der Waals surface area contributed by atoms with Gasteiger partial charge in [-0.1, -0.05) is 37.3 Å². The first kappa shape index (κ1) is 18.0. The molecule has 0 aromatic heterocycles. The Morgan fingerprint density at radius 2 is 2.00 bits per heavy atom. The van der Waals surface area contributed by atoms with Crippen LogP contribution in [0.4, 0.5) is 4.79 Å². The second kappa shape index (κ2) is 7.82. The van der Waals surface area contributed by atoms with Crippen molar-refractivity contribution in [2.75, 3.05) is 7.11 Å². The van der Waals surface area contributed by atoms with E-state index in [1.165, 1.54) is 7.11 Å². The Balaban J connectivity index is 2.75. The Morgan fingerprint density at radius 1 is 1.32 bits per heavy atom. The van der Waals surface area contributed by atoms with Crippen LogP contribution in [0.15, 0.2) is 36.0 Å². The second-order valence-corrected chi connectivity index (χ2v) is 6.27. The summed E-state index contributed by atoms with van der Waals surface area (Å²) in [5, 5.41) is 2.57. The van der Waals surface area contributed by atoms with Gasteiger partial charge in [-0.25, -0.2) is 9.59 Å². The maximum absolute atomic E-state index is 11.9. The van der Waals surface area contributed by atoms with Gasteiger partial charge in [0, 0.05) is 6.42 Å². The molecule has 0 fully saturated rings. The Bertz CT molecular complexity index is 497. The highest BCUT2D eigenvalue weighted by atomic mass is 16.6. The smallest absolute Gasteiger partial charge is 0.408 e. The van der Waals surface area contributed by atoms with Crippen LogP contribution >= 0.6 is 0 Å². The van der Waals surface area contributed by atoms with Crippen LogP contribution in [-0.2, 0) is 14.3 Å². The zero-order chi connectivity index (χ0) is 16.8. The fraction of sp³-hybridized carbons (Fsp3) is 0.529. The van der Waals surface area contributed by atoms with Gasteiger partial charge in [0.25, 0.3) is 0 Å². The molecule has 2 atom stereocenters. The standard InChI is InChI=1S/C17H25NO4/c1-12-7-6-8-13(10-9-12)11-14(15(19)21-5)18-16(20)22-17(2,3)4/h6-10,12,14H,11H2,1-5H3,(H,18,20)/t12?,14-/m1/s1. The number of carbonyl (C=O) groups is 2. The molecule has 122 valence electrons. The molecule has 0 bridgehead atoms. The zero-order valence-corrected chi connectivity index (χ0v) is 13.9. The fourth-order valence-electron chi connectivity index (χ4n) is 1.91. The van der Waals surface area contributed by atoms with Gasteiger partial charge in [-0.3, -0.25) is 0 Å². The number of carbonyl (C=O) groups excluding carboxylic acids is 2. The highest BCUT2D eigenvalue weighted by molar-refractivity contribution is 5.81. The quantitative estimate of drug-likeness (QED) is 0.810. The maximum Gasteiger partial charge on any atom is 0.408 e. The molecule has 5 heteroatoms. The lowest BCUT2D eigenvalue weighted by molar-refractivity contribution is -0.143. The summed E-state index contributed by atoms with van der Waals surface area (Å²) in [4.78, 5) is 23.7. The molecule has 1 aliphatic rings. The third-order valence-corrected chi connectivity index (χ3v) is 2.96. The normalized spacial score (nSPS) is 19.0. The molecule has 0 radical (unpaired) electrons. The zero-order valence-electron chi connectivity index (χ0n) is 13.9. The third kappa shape index (κ3) is 6.61. The van der Waals surface area contributed by atoms with Crippen LogP contribution in [0, 0.1) is 5.92 Å². The van der Waals surface area contributed by atoms with Crippen molar-refractivity contribution in [3.05, 3.63) is 36.0 Å². The molecular weight excluding hydrogens is 282 g/mol. The fourth-order valence-corrected chi connectivity index (χ4v) is 1.91. The lowest BCUT2D eigenvalue weighted by Crippen LogP contribution is -2.44. The first-order chi connectivity index (χ1) is 10.2. The number of rotatable bonds is 4. The van der Waals surface area contributed by atoms with Crippen LogP contribution in [0.3, 0.4) is 0 Å². The average molecular weight is 307 g/mol. The van der Waals surface area contributed by atoms with Crippen LogP contribution < -0.4 is 5.32 Å². The Morgan fingerprint density at radius 3 is 2.59 bits per heavy atom. The van der Waals surface area contributed by atoms with E-state index in [1.54, 1.807) is 20.8 Å². The summed E-state index contributed by atoms with van der Waals surface area (Å²) in [6.07, 6.45) is 9.63. The molecule has 1 unspecified atom stereocenters. The average Bonchev–Trinajstić information content (AvgIpc) is 2.60. The van der Waals surface area contributed by atoms with Gasteiger partial charge in [-0.05, 0) is 32.3 Å². The van der Waals surface area contributed by atoms with Gasteiger partial charge < -0.3 is 14.8 Å². The number of methoxy groups -OCH3 is 1. The van der Waals surface area contributed by atoms with Crippen molar-refractivity contribution in [2.45, 2.75) is 45.8 Å². The highest BCUT2D eigenvalue weighted by Gasteiger charge is 2.25. The van der Waals surface area contributed by atoms with Gasteiger partial charge >= 0.3 is 12.1 Å². The first-order valence-corrected chi connectivity index (χ1v) is 7.34. The molecule has 1 amide bonds. The Hall–Kier alpha value is -2.04. The monoisotopic (exact) mass is 307 g/mol. The minimum atomic E-state index is -0.780. The summed E-state index contributed by atoms with van der Waals surface area (Å²) < 4.78 is 9.94. The summed E-state index contributed by atoms with van der Waals surface area (Å²) in [5.41, 5.74) is 0.316. The number of hydrogen-bond acceptors (Lipinski definition) is 4. The van der Waals surface area contributed by atoms with Crippen molar-refractivity contribution in [3.8, 4) is 0 Å². The number of amides is 1. The van der Waals surface area contributed by atoms with E-state index in [0.29, 0.717) is 12.3 Å². The molecule has 5 nitrogen and oxygen atoms in total. The van der Waals surface area contributed by atoms with Crippen molar-refractivity contribution in [2.24, 2.45) is 5.92 Å². The predicted molar refractivity (Wildman–Crippen MR) is 85.3 cm³/mol. The number of hydrogen-bond donors (Lipinski definition) is 1. The first-order valence-electron chi connectivity index (χ1n) is 7.34. The van der Waals surface area contributed by atoms with Crippen molar-refractivity contribution in [3.63, 3.8) is 0 Å². The van der Waals surface area contributed by atoms with Crippen LogP contribution in [0.5, 0.6) is 0 Å². The number of nitrogens with one attached hydrogen (secondary N) is 1. The van der Waals surface area contributed by atoms with E-state index in [-0.39, 0.29) is 0 Å². The summed E-state index contributed by atoms with van der Waals surface area (Å²) in [5.74, 6) is -0.162. The predicted octanol–water partition coefficient (Wildman–Crippen LogP) is 3.13. The van der Waals surface area contributed by atoms with E-state index in [9.17, 15) is 9.59 Å². The molecule has 22 heavy (non-hydrogen) atoms. The van der Waals surface area contributed by atoms with E-state index < -0.39 is 23.7 Å². The molecule has 0 saturated carbocycles. The number of alkyl carbamates (subject to hydrolysis) is 1. The third-order valence-electron chi connectivity index (χ3n) is 2.96. The second-order valence-electron chi connectivity index (χ2n) is 6.27. The van der Waals surface area contributed by atoms with Gasteiger partial charge in [-0.2, -0.15) is 0 Å². The summed E-state index contributed by atoms with van der Waals surface area (Å²) >= 11 is 0. The minimum absolute atomic E-state index is 0.337. The molecule has 0 aromatic rings. The molecule has 0 saturated heterocycles. The SMILES string of the molecule is COC(=O)[C@@H](CC1=CC=CC(C)C=C1)NC(=O)OC(C)(C)C. The maximum atomic E-state index is 11.9. The number of ether oxygens (including phenoxy) is 2. The molecule has 0 heterocycles. The summed E-state index contributed by atoms with van der Waals surface area (Å²) in [7, 11) is 1.30. The van der Waals surface area contributed by atoms with Gasteiger partial charge in [0.2, 0.25) is 0 Å². The lowest BCUT2D eigenvalue weighted by Gasteiger charge is -2.22. The van der Waals surface area contributed by atoms with Crippen LogP contribution in [0.25, 0.3) is 0 Å². The van der Waals surface area contributed by atoms with Crippen LogP contribution in [0.2, 0.25) is 0 Å². The van der Waals surface area contributed by atoms with E-state index in [1.807, 2.05) is 24.3 Å². The molecule has 1 aliphatic carbocycles. The van der Waals surface area contributed by atoms with Crippen molar-refractivity contribution in [1.29, 1.82) is 0 Å². The van der Waals surface area contributed by atoms with E-state index in [0.717, 1.165) is 5.57 Å². The molecule has 0 aromatic carbocycles. The molecule has 1 N–H and O–H groups in total. The van der Waals surface area contributed by atoms with Crippen molar-refractivity contribution in [1.82, 2.24) is 5.32 Å². The van der Waals surface area contributed by atoms with Gasteiger partial charge in [0.15, 0.2) is 0 Å². The van der Waals surface area contributed by atoms with E-state index in [2.05, 4.69) is 18.3 Å². The number of esters is 1. The molecule has 0 aliphatic heterocycles. The van der Waals surface area contributed by atoms with E-state index in [4.69, 9.17) is 9.47 Å². The highest BCUT2D eigenvalue weighted by Crippen LogP contribution is 2.15. The van der Waals surface area contributed by atoms with Crippen LogP contribution in [0.1, 0.15) is 34.1 Å². The molecule has 0 spiro atoms. The summed E-state index contributed by atoms with van der Waals surface area (Å²) in [6, 6.07) is -0.780. The largest absolute Gasteiger partial charge is 0.467 e. The Kier molecular flexibility index (Phi) is 6.40. The summed E-state index contributed by atoms with van der Waals surface area (Å²) in [6.45, 7) is 7.37. The van der Waals surface area contributed by atoms with Gasteiger partial charge in [0.05, 0.1) is 7.11 Å². The lowest BCUT2D eigenvalue weighted by atomic mass is 10.0. The Labute approximate surface area is 132 Å². The molecule has 1 rings (SSSR count). The van der Waals surface area contributed by atoms with Crippen molar-refractivity contribution < 1.29 is 19.1 Å². The van der Waals surface area contributed by atoms with Crippen molar-refractivity contribution >= 4 is 12.1 Å².